The van der Waals surface area contributed by atoms with Gasteiger partial charge in [0.15, 0.2) is 0 Å². The Balaban J connectivity index is 2.23. The van der Waals surface area contributed by atoms with Crippen LogP contribution in [0, 0.1) is 6.92 Å². The molecule has 1 saturated heterocycles. The summed E-state index contributed by atoms with van der Waals surface area (Å²) in [6, 6.07) is -0.533. The van der Waals surface area contributed by atoms with E-state index >= 15 is 0 Å². The van der Waals surface area contributed by atoms with E-state index in [9.17, 15) is 9.90 Å². The lowest BCUT2D eigenvalue weighted by Crippen LogP contribution is -2.47. The Morgan fingerprint density at radius 2 is 2.31 bits per heavy atom. The van der Waals surface area contributed by atoms with Gasteiger partial charge in [0.25, 0.3) is 0 Å². The van der Waals surface area contributed by atoms with Crippen LogP contribution in [-0.4, -0.2) is 47.1 Å². The van der Waals surface area contributed by atoms with Crippen LogP contribution in [0.15, 0.2) is 5.51 Å². The van der Waals surface area contributed by atoms with Gasteiger partial charge in [0.05, 0.1) is 16.1 Å². The summed E-state index contributed by atoms with van der Waals surface area (Å²) < 4.78 is 0. The number of carbonyl (C=O) groups is 1. The topological polar surface area (TPSA) is 65.5 Å². The number of carboxylic acids is 1. The summed E-state index contributed by atoms with van der Waals surface area (Å²) in [5.41, 5.74) is 2.54. The van der Waals surface area contributed by atoms with E-state index in [2.05, 4.69) is 10.3 Å². The van der Waals surface area contributed by atoms with Gasteiger partial charge in [0.1, 0.15) is 6.04 Å². The van der Waals surface area contributed by atoms with Gasteiger partial charge in [-0.05, 0) is 6.92 Å². The fourth-order valence-electron chi connectivity index (χ4n) is 1.95. The number of nitrogens with one attached hydrogen (secondary N) is 1. The maximum Gasteiger partial charge on any atom is 0.326 e. The molecule has 2 heterocycles. The molecule has 0 aliphatic carbocycles. The van der Waals surface area contributed by atoms with Crippen molar-refractivity contribution in [2.45, 2.75) is 13.0 Å². The predicted octanol–water partition coefficient (Wildman–Crippen LogP) is 0.482. The minimum Gasteiger partial charge on any atom is -0.480 e. The van der Waals surface area contributed by atoms with Crippen LogP contribution in [0.4, 0.5) is 0 Å². The number of aromatic nitrogens is 1. The zero-order valence-corrected chi connectivity index (χ0v) is 9.96. The average molecular weight is 241 g/mol. The molecule has 2 N–H and O–H groups in total. The molecule has 1 atom stereocenters. The molecule has 2 rings (SSSR count). The highest BCUT2D eigenvalue weighted by Crippen LogP contribution is 2.27. The van der Waals surface area contributed by atoms with Crippen LogP contribution in [0.3, 0.4) is 0 Å². The van der Waals surface area contributed by atoms with Gasteiger partial charge in [0, 0.05) is 26.2 Å². The number of hydrogen-bond acceptors (Lipinski definition) is 5. The van der Waals surface area contributed by atoms with Crippen molar-refractivity contribution >= 4 is 17.3 Å². The Labute approximate surface area is 98.1 Å². The van der Waals surface area contributed by atoms with Crippen LogP contribution in [-0.2, 0) is 4.79 Å². The van der Waals surface area contributed by atoms with Crippen molar-refractivity contribution in [1.82, 2.24) is 15.2 Å². The van der Waals surface area contributed by atoms with E-state index in [1.54, 1.807) is 5.51 Å². The quantitative estimate of drug-likeness (QED) is 0.806. The lowest BCUT2D eigenvalue weighted by atomic mass is 10.1. The molecule has 1 aromatic rings. The first-order valence-corrected chi connectivity index (χ1v) is 6.15. The molecular weight excluding hydrogens is 226 g/mol. The molecule has 6 heteroatoms. The van der Waals surface area contributed by atoms with Crippen LogP contribution in [0.1, 0.15) is 16.6 Å². The monoisotopic (exact) mass is 241 g/mol. The number of carboxylic acid groups (broad SMARTS) is 1. The summed E-state index contributed by atoms with van der Waals surface area (Å²) in [6.07, 6.45) is 0. The highest BCUT2D eigenvalue weighted by molar-refractivity contribution is 7.10. The smallest absolute Gasteiger partial charge is 0.326 e. The van der Waals surface area contributed by atoms with Gasteiger partial charge in [-0.15, -0.1) is 11.3 Å². The standard InChI is InChI=1S/C10H15N3O2S/c1-7-9(16-6-12-7)8(10(14)15)13-4-2-11-3-5-13/h6,8,11H,2-5H2,1H3,(H,14,15). The first-order valence-electron chi connectivity index (χ1n) is 5.27. The lowest BCUT2D eigenvalue weighted by molar-refractivity contribution is -0.143. The van der Waals surface area contributed by atoms with Gasteiger partial charge in [-0.2, -0.15) is 0 Å². The summed E-state index contributed by atoms with van der Waals surface area (Å²) in [4.78, 5) is 18.3. The molecule has 1 fully saturated rings. The normalized spacial score (nSPS) is 19.6. The SMILES string of the molecule is Cc1ncsc1C(C(=O)O)N1CCNCC1. The van der Waals surface area contributed by atoms with Crippen molar-refractivity contribution in [2.75, 3.05) is 26.2 Å². The van der Waals surface area contributed by atoms with E-state index in [1.165, 1.54) is 11.3 Å². The van der Waals surface area contributed by atoms with E-state index in [1.807, 2.05) is 11.8 Å². The van der Waals surface area contributed by atoms with Crippen molar-refractivity contribution in [3.05, 3.63) is 16.1 Å². The Morgan fingerprint density at radius 3 is 2.81 bits per heavy atom. The van der Waals surface area contributed by atoms with Gasteiger partial charge in [-0.25, -0.2) is 4.98 Å². The molecule has 5 nitrogen and oxygen atoms in total. The average Bonchev–Trinajstić information content (AvgIpc) is 2.66. The van der Waals surface area contributed by atoms with Crippen LogP contribution in [0.5, 0.6) is 0 Å². The Morgan fingerprint density at radius 1 is 1.62 bits per heavy atom. The zero-order chi connectivity index (χ0) is 11.5. The molecule has 0 saturated carbocycles. The van der Waals surface area contributed by atoms with Crippen LogP contribution < -0.4 is 5.32 Å². The van der Waals surface area contributed by atoms with E-state index in [-0.39, 0.29) is 0 Å². The summed E-state index contributed by atoms with van der Waals surface area (Å²) in [6.45, 7) is 5.11. The van der Waals surface area contributed by atoms with Gasteiger partial charge in [-0.3, -0.25) is 9.69 Å². The highest BCUT2D eigenvalue weighted by Gasteiger charge is 2.30. The van der Waals surface area contributed by atoms with E-state index in [0.717, 1.165) is 36.8 Å². The second-order valence-corrected chi connectivity index (χ2v) is 4.72. The van der Waals surface area contributed by atoms with Crippen molar-refractivity contribution < 1.29 is 9.90 Å². The van der Waals surface area contributed by atoms with Gasteiger partial charge >= 0.3 is 5.97 Å². The molecule has 88 valence electrons. The Kier molecular flexibility index (Phi) is 3.52. The molecule has 1 unspecified atom stereocenters. The third-order valence-electron chi connectivity index (χ3n) is 2.78. The van der Waals surface area contributed by atoms with Crippen LogP contribution in [0.2, 0.25) is 0 Å². The number of aliphatic carboxylic acids is 1. The number of nitrogens with zero attached hydrogens (tertiary/aromatic N) is 2. The molecule has 0 bridgehead atoms. The largest absolute Gasteiger partial charge is 0.480 e. The highest BCUT2D eigenvalue weighted by atomic mass is 32.1. The predicted molar refractivity (Wildman–Crippen MR) is 61.7 cm³/mol. The number of thiazole rings is 1. The van der Waals surface area contributed by atoms with Crippen LogP contribution in [0.25, 0.3) is 0 Å². The van der Waals surface area contributed by atoms with E-state index in [4.69, 9.17) is 0 Å². The summed E-state index contributed by atoms with van der Waals surface area (Å²) in [5.74, 6) is -0.783. The molecule has 0 amide bonds. The number of hydrogen-bond donors (Lipinski definition) is 2. The first kappa shape index (κ1) is 11.5. The molecule has 0 spiro atoms. The number of rotatable bonds is 3. The maximum absolute atomic E-state index is 11.4. The summed E-state index contributed by atoms with van der Waals surface area (Å²) >= 11 is 1.43. The molecule has 1 aromatic heterocycles. The third kappa shape index (κ3) is 2.23. The first-order chi connectivity index (χ1) is 7.70. The van der Waals surface area contributed by atoms with E-state index in [0.29, 0.717) is 0 Å². The molecule has 1 aliphatic rings. The second kappa shape index (κ2) is 4.90. The fraction of sp³-hybridized carbons (Fsp3) is 0.600. The fourth-order valence-corrected chi connectivity index (χ4v) is 2.87. The third-order valence-corrected chi connectivity index (χ3v) is 3.77. The van der Waals surface area contributed by atoms with Crippen molar-refractivity contribution in [3.63, 3.8) is 0 Å². The number of aryl methyl sites for hydroxylation is 1. The Hall–Kier alpha value is -0.980. The lowest BCUT2D eigenvalue weighted by Gasteiger charge is -2.31. The van der Waals surface area contributed by atoms with E-state index < -0.39 is 12.0 Å². The van der Waals surface area contributed by atoms with Crippen molar-refractivity contribution in [2.24, 2.45) is 0 Å². The summed E-state index contributed by atoms with van der Waals surface area (Å²) in [5, 5.41) is 12.6. The summed E-state index contributed by atoms with van der Waals surface area (Å²) in [7, 11) is 0. The molecule has 0 aromatic carbocycles. The minimum atomic E-state index is -0.783. The van der Waals surface area contributed by atoms with Crippen molar-refractivity contribution in [1.29, 1.82) is 0 Å². The molecule has 0 radical (unpaired) electrons. The molecule has 16 heavy (non-hydrogen) atoms. The van der Waals surface area contributed by atoms with Crippen LogP contribution >= 0.6 is 11.3 Å². The zero-order valence-electron chi connectivity index (χ0n) is 9.14. The number of piperazine rings is 1. The Bertz CT molecular complexity index is 374. The molecule has 1 aliphatic heterocycles. The molecular formula is C10H15N3O2S. The van der Waals surface area contributed by atoms with Gasteiger partial charge in [-0.1, -0.05) is 0 Å². The van der Waals surface area contributed by atoms with Crippen molar-refractivity contribution in [3.8, 4) is 0 Å². The minimum absolute atomic E-state index is 0.533. The second-order valence-electron chi connectivity index (χ2n) is 3.83. The van der Waals surface area contributed by atoms with Gasteiger partial charge in [0.2, 0.25) is 0 Å². The van der Waals surface area contributed by atoms with Gasteiger partial charge < -0.3 is 10.4 Å². The maximum atomic E-state index is 11.4.